The molecule has 1 aromatic heterocycles. The highest BCUT2D eigenvalue weighted by atomic mass is 19.1. The highest BCUT2D eigenvalue weighted by Crippen LogP contribution is 2.20. The van der Waals surface area contributed by atoms with E-state index in [2.05, 4.69) is 4.98 Å². The molecular formula is C15H15FN2O4. The first-order chi connectivity index (χ1) is 10.5. The number of ether oxygens (including phenoxy) is 1. The van der Waals surface area contributed by atoms with Crippen molar-refractivity contribution in [3.8, 4) is 0 Å². The van der Waals surface area contributed by atoms with Crippen molar-refractivity contribution < 1.29 is 23.8 Å². The number of morpholine rings is 1. The van der Waals surface area contributed by atoms with Crippen LogP contribution in [0.25, 0.3) is 10.9 Å². The van der Waals surface area contributed by atoms with Crippen LogP contribution in [0.4, 0.5) is 4.39 Å². The standard InChI is InChI=1S/C15H15FN2O4/c16-11-2-1-3-12-10(11)7-13(17-12)15(21)18-4-5-22-9(8-18)6-14(19)20/h1-3,7,9,17H,4-6,8H2,(H,19,20)/t9-/m1/s1. The Labute approximate surface area is 125 Å². The molecule has 7 heteroatoms. The average Bonchev–Trinajstić information content (AvgIpc) is 2.91. The molecule has 0 spiro atoms. The van der Waals surface area contributed by atoms with E-state index < -0.39 is 17.9 Å². The quantitative estimate of drug-likeness (QED) is 0.903. The molecule has 22 heavy (non-hydrogen) atoms. The number of nitrogens with zero attached hydrogens (tertiary/aromatic N) is 1. The van der Waals surface area contributed by atoms with Crippen molar-refractivity contribution in [2.45, 2.75) is 12.5 Å². The molecule has 6 nitrogen and oxygen atoms in total. The van der Waals surface area contributed by atoms with E-state index in [1.165, 1.54) is 17.0 Å². The molecule has 1 aliphatic rings. The Kier molecular flexibility index (Phi) is 3.81. The van der Waals surface area contributed by atoms with Crippen LogP contribution in [0.3, 0.4) is 0 Å². The summed E-state index contributed by atoms with van der Waals surface area (Å²) in [6, 6.07) is 6.08. The molecule has 1 saturated heterocycles. The number of rotatable bonds is 3. The smallest absolute Gasteiger partial charge is 0.306 e. The minimum atomic E-state index is -0.966. The van der Waals surface area contributed by atoms with Crippen LogP contribution in [0.15, 0.2) is 24.3 Å². The highest BCUT2D eigenvalue weighted by molar-refractivity contribution is 5.98. The molecule has 0 saturated carbocycles. The van der Waals surface area contributed by atoms with Crippen LogP contribution in [0.5, 0.6) is 0 Å². The number of carboxylic acids is 1. The molecule has 1 fully saturated rings. The van der Waals surface area contributed by atoms with Crippen LogP contribution in [-0.4, -0.2) is 52.7 Å². The number of amides is 1. The number of benzene rings is 1. The Morgan fingerprint density at radius 1 is 1.45 bits per heavy atom. The lowest BCUT2D eigenvalue weighted by Gasteiger charge is -2.32. The van der Waals surface area contributed by atoms with Gasteiger partial charge in [0, 0.05) is 24.0 Å². The zero-order valence-electron chi connectivity index (χ0n) is 11.7. The van der Waals surface area contributed by atoms with Crippen molar-refractivity contribution in [3.63, 3.8) is 0 Å². The van der Waals surface area contributed by atoms with Crippen LogP contribution in [0.2, 0.25) is 0 Å². The maximum Gasteiger partial charge on any atom is 0.306 e. The lowest BCUT2D eigenvalue weighted by molar-refractivity contribution is -0.141. The third-order valence-electron chi connectivity index (χ3n) is 3.67. The number of fused-ring (bicyclic) bond motifs is 1. The second-order valence-corrected chi connectivity index (χ2v) is 5.23. The molecule has 1 aromatic carbocycles. The van der Waals surface area contributed by atoms with E-state index in [1.54, 1.807) is 12.1 Å². The number of halogens is 1. The Hall–Kier alpha value is -2.41. The number of hydrogen-bond donors (Lipinski definition) is 2. The van der Waals surface area contributed by atoms with Gasteiger partial charge in [-0.05, 0) is 18.2 Å². The summed E-state index contributed by atoms with van der Waals surface area (Å²) in [5.74, 6) is -1.64. The first-order valence-corrected chi connectivity index (χ1v) is 6.94. The van der Waals surface area contributed by atoms with Crippen molar-refractivity contribution in [3.05, 3.63) is 35.8 Å². The van der Waals surface area contributed by atoms with Crippen molar-refractivity contribution >= 4 is 22.8 Å². The predicted octanol–water partition coefficient (Wildman–Crippen LogP) is 1.62. The van der Waals surface area contributed by atoms with E-state index in [9.17, 15) is 14.0 Å². The van der Waals surface area contributed by atoms with Crippen molar-refractivity contribution in [1.82, 2.24) is 9.88 Å². The van der Waals surface area contributed by atoms with Gasteiger partial charge < -0.3 is 19.7 Å². The van der Waals surface area contributed by atoms with Crippen LogP contribution in [-0.2, 0) is 9.53 Å². The molecule has 3 rings (SSSR count). The third kappa shape index (κ3) is 2.80. The van der Waals surface area contributed by atoms with Gasteiger partial charge in [0.1, 0.15) is 11.5 Å². The van der Waals surface area contributed by atoms with Gasteiger partial charge in [-0.3, -0.25) is 9.59 Å². The van der Waals surface area contributed by atoms with Crippen LogP contribution in [0, 0.1) is 5.82 Å². The van der Waals surface area contributed by atoms with Crippen molar-refractivity contribution in [2.24, 2.45) is 0 Å². The van der Waals surface area contributed by atoms with E-state index in [0.29, 0.717) is 17.4 Å². The number of aromatic amines is 1. The van der Waals surface area contributed by atoms with Gasteiger partial charge in [-0.2, -0.15) is 0 Å². The number of H-pyrrole nitrogens is 1. The lowest BCUT2D eigenvalue weighted by Crippen LogP contribution is -2.46. The molecule has 1 aliphatic heterocycles. The van der Waals surface area contributed by atoms with Gasteiger partial charge in [0.2, 0.25) is 0 Å². The number of aromatic nitrogens is 1. The topological polar surface area (TPSA) is 82.6 Å². The molecule has 1 amide bonds. The summed E-state index contributed by atoms with van der Waals surface area (Å²) in [6.45, 7) is 0.883. The molecule has 2 N–H and O–H groups in total. The summed E-state index contributed by atoms with van der Waals surface area (Å²) in [5, 5.41) is 9.16. The molecule has 0 bridgehead atoms. The summed E-state index contributed by atoms with van der Waals surface area (Å²) >= 11 is 0. The normalized spacial score (nSPS) is 18.6. The monoisotopic (exact) mass is 306 g/mol. The number of carbonyl (C=O) groups is 2. The first-order valence-electron chi connectivity index (χ1n) is 6.94. The second kappa shape index (κ2) is 5.76. The zero-order chi connectivity index (χ0) is 15.7. The largest absolute Gasteiger partial charge is 0.481 e. The third-order valence-corrected chi connectivity index (χ3v) is 3.67. The summed E-state index contributed by atoms with van der Waals surface area (Å²) in [4.78, 5) is 27.6. The molecule has 2 aromatic rings. The number of carboxylic acid groups (broad SMARTS) is 1. The van der Waals surface area contributed by atoms with E-state index in [-0.39, 0.29) is 31.2 Å². The van der Waals surface area contributed by atoms with Crippen LogP contribution in [0.1, 0.15) is 16.9 Å². The van der Waals surface area contributed by atoms with Gasteiger partial charge >= 0.3 is 5.97 Å². The van der Waals surface area contributed by atoms with E-state index in [4.69, 9.17) is 9.84 Å². The minimum absolute atomic E-state index is 0.148. The number of aliphatic carboxylic acids is 1. The first kappa shape index (κ1) is 14.5. The second-order valence-electron chi connectivity index (χ2n) is 5.23. The number of nitrogens with one attached hydrogen (secondary N) is 1. The fraction of sp³-hybridized carbons (Fsp3) is 0.333. The summed E-state index contributed by atoms with van der Waals surface area (Å²) < 4.78 is 19.0. The number of hydrogen-bond acceptors (Lipinski definition) is 3. The van der Waals surface area contributed by atoms with Gasteiger partial charge in [0.25, 0.3) is 5.91 Å². The maximum absolute atomic E-state index is 13.7. The van der Waals surface area contributed by atoms with Crippen molar-refractivity contribution in [2.75, 3.05) is 19.7 Å². The Morgan fingerprint density at radius 3 is 3.00 bits per heavy atom. The van der Waals surface area contributed by atoms with Gasteiger partial charge in [0.15, 0.2) is 0 Å². The molecule has 116 valence electrons. The summed E-state index contributed by atoms with van der Waals surface area (Å²) in [7, 11) is 0. The van der Waals surface area contributed by atoms with Crippen molar-refractivity contribution in [1.29, 1.82) is 0 Å². The SMILES string of the molecule is O=C(O)C[C@@H]1CN(C(=O)c2cc3c(F)cccc3[nH]2)CCO1. The Balaban J connectivity index is 1.80. The van der Waals surface area contributed by atoms with Gasteiger partial charge in [-0.15, -0.1) is 0 Å². The molecule has 0 radical (unpaired) electrons. The molecular weight excluding hydrogens is 291 g/mol. The van der Waals surface area contributed by atoms with Crippen LogP contribution >= 0.6 is 0 Å². The van der Waals surface area contributed by atoms with Gasteiger partial charge in [-0.1, -0.05) is 6.07 Å². The fourth-order valence-corrected chi connectivity index (χ4v) is 2.63. The minimum Gasteiger partial charge on any atom is -0.481 e. The Bertz CT molecular complexity index is 727. The van der Waals surface area contributed by atoms with Gasteiger partial charge in [-0.25, -0.2) is 4.39 Å². The predicted molar refractivity (Wildman–Crippen MR) is 76.2 cm³/mol. The van der Waals surface area contributed by atoms with Gasteiger partial charge in [0.05, 0.1) is 19.1 Å². The van der Waals surface area contributed by atoms with E-state index >= 15 is 0 Å². The fourth-order valence-electron chi connectivity index (χ4n) is 2.63. The summed E-state index contributed by atoms with van der Waals surface area (Å²) in [6.07, 6.45) is -0.665. The molecule has 0 unspecified atom stereocenters. The molecule has 0 aliphatic carbocycles. The number of carbonyl (C=O) groups excluding carboxylic acids is 1. The maximum atomic E-state index is 13.7. The lowest BCUT2D eigenvalue weighted by atomic mass is 10.2. The Morgan fingerprint density at radius 2 is 2.27 bits per heavy atom. The molecule has 1 atom stereocenters. The van der Waals surface area contributed by atoms with E-state index in [1.807, 2.05) is 0 Å². The average molecular weight is 306 g/mol. The van der Waals surface area contributed by atoms with E-state index in [0.717, 1.165) is 0 Å². The highest BCUT2D eigenvalue weighted by Gasteiger charge is 2.27. The zero-order valence-corrected chi connectivity index (χ0v) is 11.7. The van der Waals surface area contributed by atoms with Crippen LogP contribution < -0.4 is 0 Å². The molecule has 2 heterocycles. The summed E-state index contributed by atoms with van der Waals surface area (Å²) in [5.41, 5.74) is 0.842.